The first kappa shape index (κ1) is 19.0. The minimum absolute atomic E-state index is 0.177. The summed E-state index contributed by atoms with van der Waals surface area (Å²) in [6.07, 6.45) is 2.29. The third-order valence-corrected chi connectivity index (χ3v) is 5.77. The molecule has 1 saturated heterocycles. The molecule has 4 rings (SSSR count). The van der Waals surface area contributed by atoms with Crippen molar-refractivity contribution >= 4 is 11.6 Å². The lowest BCUT2D eigenvalue weighted by Gasteiger charge is -2.39. The zero-order valence-corrected chi connectivity index (χ0v) is 16.8. The van der Waals surface area contributed by atoms with Crippen LogP contribution in [-0.2, 0) is 6.42 Å². The van der Waals surface area contributed by atoms with Gasteiger partial charge >= 0.3 is 0 Å². The van der Waals surface area contributed by atoms with E-state index in [1.807, 2.05) is 24.3 Å². The number of halogens is 1. The van der Waals surface area contributed by atoms with Gasteiger partial charge in [-0.2, -0.15) is 0 Å². The summed E-state index contributed by atoms with van der Waals surface area (Å²) < 4.78 is 6.40. The molecule has 1 aliphatic heterocycles. The first-order valence-electron chi connectivity index (χ1n) is 10.0. The van der Waals surface area contributed by atoms with Crippen LogP contribution in [0.5, 0.6) is 5.75 Å². The SMILES string of the molecule is Clc1ccc(O[C@@H]2CCN(CCc3ccccc3)C[C@H]2c2ccccc2)cc1. The summed E-state index contributed by atoms with van der Waals surface area (Å²) in [6, 6.07) is 29.2. The molecule has 0 bridgehead atoms. The molecule has 28 heavy (non-hydrogen) atoms. The Kier molecular flexibility index (Phi) is 6.31. The van der Waals surface area contributed by atoms with Gasteiger partial charge in [-0.15, -0.1) is 0 Å². The summed E-state index contributed by atoms with van der Waals surface area (Å²) in [4.78, 5) is 2.58. The molecule has 2 atom stereocenters. The van der Waals surface area contributed by atoms with Crippen molar-refractivity contribution in [3.8, 4) is 5.75 Å². The van der Waals surface area contributed by atoms with Gasteiger partial charge in [-0.3, -0.25) is 0 Å². The number of likely N-dealkylation sites (tertiary alicyclic amines) is 1. The molecule has 0 radical (unpaired) electrons. The molecular weight excluding hydrogens is 366 g/mol. The molecule has 2 nitrogen and oxygen atoms in total. The van der Waals surface area contributed by atoms with Gasteiger partial charge in [0.25, 0.3) is 0 Å². The zero-order chi connectivity index (χ0) is 19.2. The molecule has 0 saturated carbocycles. The van der Waals surface area contributed by atoms with Crippen LogP contribution in [-0.4, -0.2) is 30.6 Å². The monoisotopic (exact) mass is 391 g/mol. The second-order valence-corrected chi connectivity index (χ2v) is 7.89. The van der Waals surface area contributed by atoms with Gasteiger partial charge in [-0.25, -0.2) is 0 Å². The maximum Gasteiger partial charge on any atom is 0.119 e. The number of hydrogen-bond donors (Lipinski definition) is 0. The van der Waals surface area contributed by atoms with Gasteiger partial charge < -0.3 is 9.64 Å². The van der Waals surface area contributed by atoms with Gasteiger partial charge in [0, 0.05) is 30.6 Å². The number of rotatable bonds is 6. The Balaban J connectivity index is 1.46. The third kappa shape index (κ3) is 4.95. The van der Waals surface area contributed by atoms with Gasteiger partial charge in [0.2, 0.25) is 0 Å². The number of hydrogen-bond acceptors (Lipinski definition) is 2. The van der Waals surface area contributed by atoms with Gasteiger partial charge in [0.1, 0.15) is 11.9 Å². The topological polar surface area (TPSA) is 12.5 Å². The van der Waals surface area contributed by atoms with E-state index in [0.717, 1.165) is 43.2 Å². The lowest BCUT2D eigenvalue weighted by Crippen LogP contribution is -2.44. The second-order valence-electron chi connectivity index (χ2n) is 7.45. The summed E-state index contributed by atoms with van der Waals surface area (Å²) in [6.45, 7) is 3.17. The number of nitrogens with zero attached hydrogens (tertiary/aromatic N) is 1. The molecule has 0 unspecified atom stereocenters. The molecular formula is C25H26ClNO. The largest absolute Gasteiger partial charge is 0.490 e. The predicted molar refractivity (Wildman–Crippen MR) is 116 cm³/mol. The Labute approximate surface area is 172 Å². The molecule has 144 valence electrons. The molecule has 0 aliphatic carbocycles. The van der Waals surface area contributed by atoms with Crippen LogP contribution >= 0.6 is 11.6 Å². The van der Waals surface area contributed by atoms with Gasteiger partial charge in [-0.05, 0) is 48.2 Å². The van der Waals surface area contributed by atoms with E-state index in [2.05, 4.69) is 65.6 Å². The molecule has 1 fully saturated rings. The maximum atomic E-state index is 6.40. The lowest BCUT2D eigenvalue weighted by atomic mass is 9.87. The van der Waals surface area contributed by atoms with Crippen LogP contribution in [0.25, 0.3) is 0 Å². The van der Waals surface area contributed by atoms with E-state index < -0.39 is 0 Å². The van der Waals surface area contributed by atoms with Crippen LogP contribution in [0, 0.1) is 0 Å². The van der Waals surface area contributed by atoms with E-state index in [9.17, 15) is 0 Å². The van der Waals surface area contributed by atoms with Crippen molar-refractivity contribution in [2.75, 3.05) is 19.6 Å². The fourth-order valence-electron chi connectivity index (χ4n) is 3.98. The standard InChI is InChI=1S/C25H26ClNO/c26-22-11-13-23(14-12-22)28-25-16-18-27(17-15-20-7-3-1-4-8-20)19-24(25)21-9-5-2-6-10-21/h1-14,24-25H,15-19H2/t24-,25+/m0/s1. The highest BCUT2D eigenvalue weighted by molar-refractivity contribution is 6.30. The van der Waals surface area contributed by atoms with E-state index in [-0.39, 0.29) is 6.10 Å². The third-order valence-electron chi connectivity index (χ3n) is 5.52. The van der Waals surface area contributed by atoms with E-state index in [1.54, 1.807) is 0 Å². The van der Waals surface area contributed by atoms with Crippen LogP contribution in [0.15, 0.2) is 84.9 Å². The lowest BCUT2D eigenvalue weighted by molar-refractivity contribution is 0.0783. The first-order valence-corrected chi connectivity index (χ1v) is 10.4. The van der Waals surface area contributed by atoms with Crippen molar-refractivity contribution in [1.29, 1.82) is 0 Å². The highest BCUT2D eigenvalue weighted by Crippen LogP contribution is 2.31. The Hall–Kier alpha value is -2.29. The fraction of sp³-hybridized carbons (Fsp3) is 0.280. The summed E-state index contributed by atoms with van der Waals surface area (Å²) in [5.74, 6) is 1.26. The zero-order valence-electron chi connectivity index (χ0n) is 16.0. The van der Waals surface area contributed by atoms with Crippen LogP contribution in [0.1, 0.15) is 23.5 Å². The second kappa shape index (κ2) is 9.27. The van der Waals surface area contributed by atoms with Crippen molar-refractivity contribution in [1.82, 2.24) is 4.90 Å². The molecule has 1 aliphatic rings. The molecule has 3 heteroatoms. The van der Waals surface area contributed by atoms with Gasteiger partial charge in [-0.1, -0.05) is 72.3 Å². The Morgan fingerprint density at radius 1 is 0.857 bits per heavy atom. The average molecular weight is 392 g/mol. The molecule has 0 spiro atoms. The Morgan fingerprint density at radius 3 is 2.25 bits per heavy atom. The average Bonchev–Trinajstić information content (AvgIpc) is 2.76. The summed E-state index contributed by atoms with van der Waals surface area (Å²) in [5, 5.41) is 0.739. The van der Waals surface area contributed by atoms with Crippen molar-refractivity contribution < 1.29 is 4.74 Å². The van der Waals surface area contributed by atoms with Crippen molar-refractivity contribution in [2.24, 2.45) is 0 Å². The first-order chi connectivity index (χ1) is 13.8. The van der Waals surface area contributed by atoms with E-state index in [0.29, 0.717) is 5.92 Å². The predicted octanol–water partition coefficient (Wildman–Crippen LogP) is 5.82. The molecule has 1 heterocycles. The van der Waals surface area contributed by atoms with Crippen LogP contribution in [0.2, 0.25) is 5.02 Å². The highest BCUT2D eigenvalue weighted by Gasteiger charge is 2.31. The van der Waals surface area contributed by atoms with Crippen molar-refractivity contribution in [3.63, 3.8) is 0 Å². The molecule has 3 aromatic rings. The molecule has 3 aromatic carbocycles. The van der Waals surface area contributed by atoms with Crippen molar-refractivity contribution in [3.05, 3.63) is 101 Å². The van der Waals surface area contributed by atoms with Gasteiger partial charge in [0.15, 0.2) is 0 Å². The summed E-state index contributed by atoms with van der Waals surface area (Å²) >= 11 is 6.02. The number of benzene rings is 3. The van der Waals surface area contributed by atoms with E-state index in [4.69, 9.17) is 16.3 Å². The highest BCUT2D eigenvalue weighted by atomic mass is 35.5. The fourth-order valence-corrected chi connectivity index (χ4v) is 4.11. The minimum Gasteiger partial charge on any atom is -0.490 e. The quantitative estimate of drug-likeness (QED) is 0.525. The molecule has 0 aromatic heterocycles. The summed E-state index contributed by atoms with van der Waals surface area (Å²) in [7, 11) is 0. The Bertz CT molecular complexity index is 851. The van der Waals surface area contributed by atoms with Crippen molar-refractivity contribution in [2.45, 2.75) is 24.9 Å². The molecule has 0 N–H and O–H groups in total. The van der Waals surface area contributed by atoms with E-state index in [1.165, 1.54) is 11.1 Å². The molecule has 0 amide bonds. The normalized spacial score (nSPS) is 20.0. The smallest absolute Gasteiger partial charge is 0.119 e. The van der Waals surface area contributed by atoms with Crippen LogP contribution in [0.4, 0.5) is 0 Å². The van der Waals surface area contributed by atoms with Crippen LogP contribution < -0.4 is 4.74 Å². The Morgan fingerprint density at radius 2 is 1.54 bits per heavy atom. The van der Waals surface area contributed by atoms with Crippen LogP contribution in [0.3, 0.4) is 0 Å². The maximum absolute atomic E-state index is 6.40. The van der Waals surface area contributed by atoms with Gasteiger partial charge in [0.05, 0.1) is 0 Å². The number of ether oxygens (including phenoxy) is 1. The summed E-state index contributed by atoms with van der Waals surface area (Å²) in [5.41, 5.74) is 2.75. The number of piperidine rings is 1. The minimum atomic E-state index is 0.177. The van der Waals surface area contributed by atoms with E-state index >= 15 is 0 Å².